The summed E-state index contributed by atoms with van der Waals surface area (Å²) in [7, 11) is -1.90. The predicted octanol–water partition coefficient (Wildman–Crippen LogP) is 1.10. The number of nitrogens with zero attached hydrogens (tertiary/aromatic N) is 3. The van der Waals surface area contributed by atoms with E-state index in [0.717, 1.165) is 0 Å². The van der Waals surface area contributed by atoms with Gasteiger partial charge in [-0.3, -0.25) is 0 Å². The van der Waals surface area contributed by atoms with Crippen LogP contribution in [0.15, 0.2) is 34.1 Å². The van der Waals surface area contributed by atoms with E-state index in [1.165, 1.54) is 11.3 Å². The van der Waals surface area contributed by atoms with E-state index in [0.29, 0.717) is 35.4 Å². The number of hydrogen-bond acceptors (Lipinski definition) is 7. The smallest absolute Gasteiger partial charge is 0.257 e. The average molecular weight is 340 g/mol. The summed E-state index contributed by atoms with van der Waals surface area (Å²) < 4.78 is 32.8. The Balaban J connectivity index is 1.70. The third-order valence-electron chi connectivity index (χ3n) is 3.41. The average Bonchev–Trinajstić information content (AvgIpc) is 3.18. The van der Waals surface area contributed by atoms with Crippen molar-refractivity contribution in [3.8, 4) is 5.88 Å². The van der Waals surface area contributed by atoms with Crippen molar-refractivity contribution >= 4 is 27.2 Å². The van der Waals surface area contributed by atoms with Crippen molar-refractivity contribution in [3.63, 3.8) is 0 Å². The number of methoxy groups -OCH3 is 1. The fourth-order valence-electron chi connectivity index (χ4n) is 2.42. The fourth-order valence-corrected chi connectivity index (χ4v) is 4.69. The Kier molecular flexibility index (Phi) is 4.27. The fraction of sp³-hybridized carbons (Fsp3) is 0.385. The zero-order valence-corrected chi connectivity index (χ0v) is 13.6. The Morgan fingerprint density at radius 1 is 1.41 bits per heavy atom. The molecule has 2 aromatic rings. The van der Waals surface area contributed by atoms with Gasteiger partial charge in [-0.1, -0.05) is 6.07 Å². The van der Waals surface area contributed by atoms with Gasteiger partial charge in [0.25, 0.3) is 5.88 Å². The maximum Gasteiger partial charge on any atom is 0.257 e. The number of thiophene rings is 1. The van der Waals surface area contributed by atoms with Crippen molar-refractivity contribution in [1.29, 1.82) is 0 Å². The van der Waals surface area contributed by atoms with Crippen molar-refractivity contribution in [3.05, 3.63) is 29.9 Å². The van der Waals surface area contributed by atoms with E-state index in [1.807, 2.05) is 4.90 Å². The first-order valence-electron chi connectivity index (χ1n) is 6.76. The summed E-state index contributed by atoms with van der Waals surface area (Å²) >= 11 is 1.21. The molecule has 1 aliphatic rings. The molecule has 0 aliphatic carbocycles. The lowest BCUT2D eigenvalue weighted by Crippen LogP contribution is -2.37. The van der Waals surface area contributed by atoms with Crippen molar-refractivity contribution in [2.24, 2.45) is 0 Å². The monoisotopic (exact) mass is 340 g/mol. The van der Waals surface area contributed by atoms with Crippen LogP contribution < -0.4 is 14.4 Å². The number of sulfonamides is 1. The first-order chi connectivity index (χ1) is 10.6. The number of ether oxygens (including phenoxy) is 1. The molecule has 3 rings (SSSR count). The third kappa shape index (κ3) is 3.06. The second kappa shape index (κ2) is 6.19. The molecule has 0 radical (unpaired) electrons. The predicted molar refractivity (Wildman–Crippen MR) is 83.8 cm³/mol. The number of aromatic nitrogens is 2. The summed E-state index contributed by atoms with van der Waals surface area (Å²) in [5.41, 5.74) is 0. The molecule has 0 aromatic carbocycles. The van der Waals surface area contributed by atoms with E-state index >= 15 is 0 Å². The Hall–Kier alpha value is -1.71. The van der Waals surface area contributed by atoms with Crippen LogP contribution in [0, 0.1) is 0 Å². The van der Waals surface area contributed by atoms with Gasteiger partial charge in [-0.25, -0.2) is 23.1 Å². The standard InChI is InChI=1S/C13H16N4O3S2/c1-20-13-12(14-5-6-15-13)17-7-4-10(9-17)16-22(18,19)11-3-2-8-21-11/h2-3,5-6,8,10,16H,4,7,9H2,1H3. The summed E-state index contributed by atoms with van der Waals surface area (Å²) in [6.07, 6.45) is 3.88. The molecule has 22 heavy (non-hydrogen) atoms. The topological polar surface area (TPSA) is 84.4 Å². The summed E-state index contributed by atoms with van der Waals surface area (Å²) in [6, 6.07) is 3.18. The largest absolute Gasteiger partial charge is 0.478 e. The van der Waals surface area contributed by atoms with Gasteiger partial charge in [0.05, 0.1) is 7.11 Å². The molecule has 1 atom stereocenters. The highest BCUT2D eigenvalue weighted by molar-refractivity contribution is 7.91. The molecule has 1 N–H and O–H groups in total. The molecule has 9 heteroatoms. The maximum absolute atomic E-state index is 12.2. The first-order valence-corrected chi connectivity index (χ1v) is 9.12. The lowest BCUT2D eigenvalue weighted by molar-refractivity contribution is 0.396. The molecule has 0 saturated carbocycles. The summed E-state index contributed by atoms with van der Waals surface area (Å²) in [5.74, 6) is 1.09. The molecule has 7 nitrogen and oxygen atoms in total. The Morgan fingerprint density at radius 2 is 2.23 bits per heavy atom. The molecule has 1 saturated heterocycles. The van der Waals surface area contributed by atoms with Crippen LogP contribution in [0.1, 0.15) is 6.42 Å². The minimum absolute atomic E-state index is 0.154. The highest BCUT2D eigenvalue weighted by Crippen LogP contribution is 2.26. The second-order valence-corrected chi connectivity index (χ2v) is 7.76. The summed E-state index contributed by atoms with van der Waals surface area (Å²) in [6.45, 7) is 1.24. The van der Waals surface area contributed by atoms with E-state index in [-0.39, 0.29) is 6.04 Å². The van der Waals surface area contributed by atoms with Gasteiger partial charge in [0, 0.05) is 31.5 Å². The number of hydrogen-bond donors (Lipinski definition) is 1. The molecular formula is C13H16N4O3S2. The highest BCUT2D eigenvalue weighted by atomic mass is 32.2. The Bertz CT molecular complexity index is 734. The zero-order valence-electron chi connectivity index (χ0n) is 12.0. The number of rotatable bonds is 5. The number of nitrogens with one attached hydrogen (secondary N) is 1. The van der Waals surface area contributed by atoms with Gasteiger partial charge in [0.2, 0.25) is 10.0 Å². The van der Waals surface area contributed by atoms with Crippen molar-refractivity contribution in [1.82, 2.24) is 14.7 Å². The van der Waals surface area contributed by atoms with E-state index in [4.69, 9.17) is 4.74 Å². The van der Waals surface area contributed by atoms with Crippen LogP contribution in [-0.4, -0.2) is 44.6 Å². The Morgan fingerprint density at radius 3 is 2.95 bits per heavy atom. The van der Waals surface area contributed by atoms with Gasteiger partial charge in [0.15, 0.2) is 5.82 Å². The van der Waals surface area contributed by atoms with Gasteiger partial charge in [-0.05, 0) is 17.9 Å². The van der Waals surface area contributed by atoms with E-state index in [2.05, 4.69) is 14.7 Å². The summed E-state index contributed by atoms with van der Waals surface area (Å²) in [5, 5.41) is 1.75. The van der Waals surface area contributed by atoms with Crippen molar-refractivity contribution in [2.75, 3.05) is 25.1 Å². The van der Waals surface area contributed by atoms with Gasteiger partial charge >= 0.3 is 0 Å². The Labute approximate surface area is 133 Å². The van der Waals surface area contributed by atoms with Gasteiger partial charge in [-0.2, -0.15) is 0 Å². The van der Waals surface area contributed by atoms with Gasteiger partial charge in [-0.15, -0.1) is 11.3 Å². The van der Waals surface area contributed by atoms with E-state index < -0.39 is 10.0 Å². The number of anilines is 1. The molecule has 1 unspecified atom stereocenters. The van der Waals surface area contributed by atoms with Crippen LogP contribution >= 0.6 is 11.3 Å². The minimum Gasteiger partial charge on any atom is -0.478 e. The molecular weight excluding hydrogens is 324 g/mol. The van der Waals surface area contributed by atoms with Gasteiger partial charge < -0.3 is 9.64 Å². The molecule has 3 heterocycles. The SMILES string of the molecule is COc1nccnc1N1CCC(NS(=O)(=O)c2cccs2)C1. The quantitative estimate of drug-likeness (QED) is 0.877. The molecule has 0 amide bonds. The van der Waals surface area contributed by atoms with Crippen LogP contribution in [0.3, 0.4) is 0 Å². The maximum atomic E-state index is 12.2. The molecule has 2 aromatic heterocycles. The molecule has 0 spiro atoms. The van der Waals surface area contributed by atoms with Crippen LogP contribution in [0.4, 0.5) is 5.82 Å². The zero-order chi connectivity index (χ0) is 15.6. The van der Waals surface area contributed by atoms with E-state index in [9.17, 15) is 8.42 Å². The second-order valence-electron chi connectivity index (χ2n) is 4.87. The molecule has 118 valence electrons. The molecule has 1 aliphatic heterocycles. The van der Waals surface area contributed by atoms with Crippen LogP contribution in [0.25, 0.3) is 0 Å². The lowest BCUT2D eigenvalue weighted by atomic mass is 10.3. The van der Waals surface area contributed by atoms with Crippen LogP contribution in [-0.2, 0) is 10.0 Å². The van der Waals surface area contributed by atoms with Crippen LogP contribution in [0.2, 0.25) is 0 Å². The highest BCUT2D eigenvalue weighted by Gasteiger charge is 2.29. The third-order valence-corrected chi connectivity index (χ3v) is 6.33. The van der Waals surface area contributed by atoms with E-state index in [1.54, 1.807) is 37.0 Å². The molecule has 0 bridgehead atoms. The van der Waals surface area contributed by atoms with Crippen molar-refractivity contribution in [2.45, 2.75) is 16.7 Å². The normalized spacial score (nSPS) is 18.6. The minimum atomic E-state index is -3.45. The lowest BCUT2D eigenvalue weighted by Gasteiger charge is -2.19. The molecule has 1 fully saturated rings. The van der Waals surface area contributed by atoms with Crippen molar-refractivity contribution < 1.29 is 13.2 Å². The summed E-state index contributed by atoms with van der Waals surface area (Å²) in [4.78, 5) is 10.4. The van der Waals surface area contributed by atoms with Crippen LogP contribution in [0.5, 0.6) is 5.88 Å². The van der Waals surface area contributed by atoms with Gasteiger partial charge in [0.1, 0.15) is 4.21 Å². The first kappa shape index (κ1) is 15.2.